The number of nitrogens with one attached hydrogen (secondary N) is 1. The van der Waals surface area contributed by atoms with Crippen LogP contribution >= 0.6 is 23.7 Å². The van der Waals surface area contributed by atoms with Gasteiger partial charge in [-0.1, -0.05) is 55.5 Å². The molecule has 1 unspecified atom stereocenters. The van der Waals surface area contributed by atoms with Crippen LogP contribution in [0.15, 0.2) is 30.3 Å². The molecule has 0 fully saturated rings. The van der Waals surface area contributed by atoms with Crippen LogP contribution < -0.4 is 11.1 Å². The van der Waals surface area contributed by atoms with Crippen molar-refractivity contribution >= 4 is 34.8 Å². The molecule has 1 atom stereocenters. The molecule has 1 heterocycles. The third kappa shape index (κ3) is 4.00. The van der Waals surface area contributed by atoms with Gasteiger partial charge in [0.15, 0.2) is 0 Å². The zero-order valence-electron chi connectivity index (χ0n) is 12.2. The van der Waals surface area contributed by atoms with E-state index in [1.54, 1.807) is 6.92 Å². The van der Waals surface area contributed by atoms with Gasteiger partial charge in [0.2, 0.25) is 5.13 Å². The van der Waals surface area contributed by atoms with E-state index < -0.39 is 5.54 Å². The van der Waals surface area contributed by atoms with Crippen molar-refractivity contribution in [3.63, 3.8) is 0 Å². The summed E-state index contributed by atoms with van der Waals surface area (Å²) in [6.45, 7) is 5.74. The Morgan fingerprint density at radius 2 is 1.90 bits per heavy atom. The molecule has 0 radical (unpaired) electrons. The molecule has 1 aromatic heterocycles. The molecule has 1 amide bonds. The van der Waals surface area contributed by atoms with Crippen molar-refractivity contribution in [1.82, 2.24) is 10.2 Å². The summed E-state index contributed by atoms with van der Waals surface area (Å²) in [4.78, 5) is 12.3. The van der Waals surface area contributed by atoms with Gasteiger partial charge >= 0.3 is 0 Å². The Labute approximate surface area is 134 Å². The summed E-state index contributed by atoms with van der Waals surface area (Å²) in [5.74, 6) is -0.00769. The number of amides is 1. The minimum atomic E-state index is -1.11. The Hall–Kier alpha value is -1.50. The molecule has 0 aliphatic rings. The maximum Gasteiger partial charge on any atom is 0.250 e. The standard InChI is InChI=1S/C14H18N4OS.ClH/c1-9(2)11-17-18-13(20-11)16-12(19)14(3,15)10-7-5-4-6-8-10;/h4-9H,15H2,1-3H3,(H,16,18,19);1H. The third-order valence-corrected chi connectivity index (χ3v) is 4.14. The average Bonchev–Trinajstić information content (AvgIpc) is 2.88. The highest BCUT2D eigenvalue weighted by Crippen LogP contribution is 2.25. The third-order valence-electron chi connectivity index (χ3n) is 3.00. The molecule has 2 rings (SSSR count). The molecule has 1 aromatic carbocycles. The molecule has 0 aliphatic carbocycles. The zero-order valence-corrected chi connectivity index (χ0v) is 13.8. The monoisotopic (exact) mass is 326 g/mol. The quantitative estimate of drug-likeness (QED) is 0.905. The van der Waals surface area contributed by atoms with E-state index in [4.69, 9.17) is 5.73 Å². The molecule has 0 bridgehead atoms. The van der Waals surface area contributed by atoms with Gasteiger partial charge in [-0.15, -0.1) is 22.6 Å². The lowest BCUT2D eigenvalue weighted by atomic mass is 9.92. The van der Waals surface area contributed by atoms with Crippen LogP contribution in [-0.4, -0.2) is 16.1 Å². The van der Waals surface area contributed by atoms with E-state index in [0.29, 0.717) is 5.13 Å². The number of benzene rings is 1. The van der Waals surface area contributed by atoms with Crippen molar-refractivity contribution in [2.75, 3.05) is 5.32 Å². The van der Waals surface area contributed by atoms with E-state index in [0.717, 1.165) is 10.6 Å². The Kier molecular flexibility index (Phi) is 5.83. The molecular formula is C14H19ClN4OS. The molecule has 0 saturated carbocycles. The first-order valence-corrected chi connectivity index (χ1v) is 7.22. The second kappa shape index (κ2) is 6.98. The highest BCUT2D eigenvalue weighted by atomic mass is 35.5. The molecule has 0 spiro atoms. The van der Waals surface area contributed by atoms with Crippen molar-refractivity contribution in [3.8, 4) is 0 Å². The maximum atomic E-state index is 12.3. The number of aromatic nitrogens is 2. The van der Waals surface area contributed by atoms with E-state index in [1.807, 2.05) is 44.2 Å². The number of rotatable bonds is 4. The van der Waals surface area contributed by atoms with E-state index >= 15 is 0 Å². The molecule has 21 heavy (non-hydrogen) atoms. The summed E-state index contributed by atoms with van der Waals surface area (Å²) in [5, 5.41) is 12.1. The van der Waals surface area contributed by atoms with Gasteiger partial charge in [-0.3, -0.25) is 10.1 Å². The summed E-state index contributed by atoms with van der Waals surface area (Å²) >= 11 is 1.37. The number of carbonyl (C=O) groups excluding carboxylic acids is 1. The van der Waals surface area contributed by atoms with Gasteiger partial charge in [-0.2, -0.15) is 0 Å². The van der Waals surface area contributed by atoms with Gasteiger partial charge in [-0.25, -0.2) is 0 Å². The second-order valence-electron chi connectivity index (χ2n) is 5.12. The molecular weight excluding hydrogens is 308 g/mol. The largest absolute Gasteiger partial charge is 0.314 e. The summed E-state index contributed by atoms with van der Waals surface area (Å²) in [7, 11) is 0. The smallest absolute Gasteiger partial charge is 0.250 e. The average molecular weight is 327 g/mol. The number of halogens is 1. The topological polar surface area (TPSA) is 80.9 Å². The zero-order chi connectivity index (χ0) is 14.8. The minimum Gasteiger partial charge on any atom is -0.314 e. The van der Waals surface area contributed by atoms with Crippen molar-refractivity contribution in [1.29, 1.82) is 0 Å². The van der Waals surface area contributed by atoms with Crippen LogP contribution in [0.1, 0.15) is 37.3 Å². The SMILES string of the molecule is CC(C)c1nnc(NC(=O)C(C)(N)c2ccccc2)s1.Cl. The van der Waals surface area contributed by atoms with Gasteiger partial charge < -0.3 is 5.73 Å². The van der Waals surface area contributed by atoms with Gasteiger partial charge in [0, 0.05) is 5.92 Å². The minimum absolute atomic E-state index is 0. The van der Waals surface area contributed by atoms with Crippen LogP contribution in [0.2, 0.25) is 0 Å². The van der Waals surface area contributed by atoms with Gasteiger partial charge in [0.1, 0.15) is 10.5 Å². The number of hydrogen-bond acceptors (Lipinski definition) is 5. The molecule has 2 aromatic rings. The molecule has 0 saturated heterocycles. The summed E-state index contributed by atoms with van der Waals surface area (Å²) < 4.78 is 0. The lowest BCUT2D eigenvalue weighted by Gasteiger charge is -2.23. The maximum absolute atomic E-state index is 12.3. The molecule has 7 heteroatoms. The summed E-state index contributed by atoms with van der Waals surface area (Å²) in [6.07, 6.45) is 0. The highest BCUT2D eigenvalue weighted by Gasteiger charge is 2.31. The van der Waals surface area contributed by atoms with E-state index in [2.05, 4.69) is 15.5 Å². The highest BCUT2D eigenvalue weighted by molar-refractivity contribution is 7.15. The lowest BCUT2D eigenvalue weighted by Crippen LogP contribution is -2.45. The lowest BCUT2D eigenvalue weighted by molar-refractivity contribution is -0.120. The number of hydrogen-bond donors (Lipinski definition) is 2. The number of nitrogens with two attached hydrogens (primary N) is 1. The fourth-order valence-electron chi connectivity index (χ4n) is 1.66. The fraction of sp³-hybridized carbons (Fsp3) is 0.357. The van der Waals surface area contributed by atoms with Crippen LogP contribution in [0.4, 0.5) is 5.13 Å². The Morgan fingerprint density at radius 1 is 1.29 bits per heavy atom. The number of carbonyl (C=O) groups is 1. The Morgan fingerprint density at radius 3 is 2.43 bits per heavy atom. The van der Waals surface area contributed by atoms with Crippen molar-refractivity contribution in [3.05, 3.63) is 40.9 Å². The van der Waals surface area contributed by atoms with Crippen LogP contribution in [0.25, 0.3) is 0 Å². The Balaban J connectivity index is 0.00000220. The van der Waals surface area contributed by atoms with Gasteiger partial charge in [0.05, 0.1) is 0 Å². The second-order valence-corrected chi connectivity index (χ2v) is 6.13. The van der Waals surface area contributed by atoms with E-state index in [9.17, 15) is 4.79 Å². The van der Waals surface area contributed by atoms with Crippen LogP contribution in [0.5, 0.6) is 0 Å². The van der Waals surface area contributed by atoms with Gasteiger partial charge in [-0.05, 0) is 12.5 Å². The van der Waals surface area contributed by atoms with E-state index in [-0.39, 0.29) is 24.2 Å². The number of anilines is 1. The van der Waals surface area contributed by atoms with Crippen LogP contribution in [0, 0.1) is 0 Å². The van der Waals surface area contributed by atoms with Crippen LogP contribution in [-0.2, 0) is 10.3 Å². The first-order valence-electron chi connectivity index (χ1n) is 6.40. The van der Waals surface area contributed by atoms with Crippen molar-refractivity contribution in [2.24, 2.45) is 5.73 Å². The summed E-state index contributed by atoms with van der Waals surface area (Å²) in [6, 6.07) is 9.26. The van der Waals surface area contributed by atoms with Crippen LogP contribution in [0.3, 0.4) is 0 Å². The fourth-order valence-corrected chi connectivity index (χ4v) is 2.40. The predicted octanol–water partition coefficient (Wildman–Crippen LogP) is 2.90. The molecule has 114 valence electrons. The molecule has 3 N–H and O–H groups in total. The summed E-state index contributed by atoms with van der Waals surface area (Å²) in [5.41, 5.74) is 5.79. The van der Waals surface area contributed by atoms with E-state index in [1.165, 1.54) is 11.3 Å². The van der Waals surface area contributed by atoms with Crippen molar-refractivity contribution in [2.45, 2.75) is 32.2 Å². The van der Waals surface area contributed by atoms with Gasteiger partial charge in [0.25, 0.3) is 5.91 Å². The first-order chi connectivity index (χ1) is 9.41. The predicted molar refractivity (Wildman–Crippen MR) is 87.9 cm³/mol. The molecule has 0 aliphatic heterocycles. The Bertz CT molecular complexity index is 598. The molecule has 5 nitrogen and oxygen atoms in total. The number of nitrogens with zero attached hydrogens (tertiary/aromatic N) is 2. The first kappa shape index (κ1) is 17.6. The van der Waals surface area contributed by atoms with Crippen molar-refractivity contribution < 1.29 is 4.79 Å². The normalized spacial score (nSPS) is 13.4.